The van der Waals surface area contributed by atoms with E-state index in [1.807, 2.05) is 36.4 Å². The third kappa shape index (κ3) is 4.89. The van der Waals surface area contributed by atoms with E-state index in [0.29, 0.717) is 24.5 Å². The zero-order valence-electron chi connectivity index (χ0n) is 15.5. The first-order chi connectivity index (χ1) is 13.2. The molecule has 0 spiro atoms. The molecule has 6 nitrogen and oxygen atoms in total. The lowest BCUT2D eigenvalue weighted by molar-refractivity contribution is -0.118. The summed E-state index contributed by atoms with van der Waals surface area (Å²) in [5.74, 6) is 0.875. The number of anilines is 1. The van der Waals surface area contributed by atoms with Crippen molar-refractivity contribution in [3.63, 3.8) is 0 Å². The van der Waals surface area contributed by atoms with Gasteiger partial charge in [-0.1, -0.05) is 30.4 Å². The molecule has 2 aromatic heterocycles. The van der Waals surface area contributed by atoms with Gasteiger partial charge in [-0.15, -0.1) is 10.2 Å². The Kier molecular flexibility index (Phi) is 6.49. The third-order valence-corrected chi connectivity index (χ3v) is 5.10. The van der Waals surface area contributed by atoms with E-state index in [4.69, 9.17) is 4.74 Å². The van der Waals surface area contributed by atoms with E-state index in [2.05, 4.69) is 22.1 Å². The number of rotatable bonds is 8. The van der Waals surface area contributed by atoms with E-state index in [-0.39, 0.29) is 5.91 Å². The Morgan fingerprint density at radius 2 is 1.85 bits per heavy atom. The molecule has 1 amide bonds. The summed E-state index contributed by atoms with van der Waals surface area (Å²) in [7, 11) is 1.64. The molecule has 3 aromatic rings. The second-order valence-corrected chi connectivity index (χ2v) is 6.98. The molecule has 0 fully saturated rings. The van der Waals surface area contributed by atoms with Gasteiger partial charge in [0.05, 0.1) is 7.11 Å². The number of ether oxygens (including phenoxy) is 1. The second-order valence-electron chi connectivity index (χ2n) is 6.02. The van der Waals surface area contributed by atoms with E-state index in [9.17, 15) is 4.79 Å². The highest BCUT2D eigenvalue weighted by Crippen LogP contribution is 2.29. The lowest BCUT2D eigenvalue weighted by atomic mass is 10.1. The van der Waals surface area contributed by atoms with Crippen LogP contribution in [0.2, 0.25) is 0 Å². The first kappa shape index (κ1) is 19.0. The van der Waals surface area contributed by atoms with Crippen LogP contribution in [-0.4, -0.2) is 34.7 Å². The zero-order chi connectivity index (χ0) is 19.1. The maximum absolute atomic E-state index is 12.8. The molecule has 0 aliphatic heterocycles. The molecule has 0 N–H and O–H groups in total. The molecule has 0 radical (unpaired) electrons. The molecule has 7 heteroatoms. The van der Waals surface area contributed by atoms with E-state index in [0.717, 1.165) is 28.3 Å². The average Bonchev–Trinajstić information content (AvgIpc) is 3.21. The molecule has 1 aromatic carbocycles. The predicted molar refractivity (Wildman–Crippen MR) is 107 cm³/mol. The molecule has 0 bridgehead atoms. The monoisotopic (exact) mass is 382 g/mol. The summed E-state index contributed by atoms with van der Waals surface area (Å²) in [4.78, 5) is 18.6. The van der Waals surface area contributed by atoms with Crippen LogP contribution in [0.1, 0.15) is 25.3 Å². The number of aromatic nitrogens is 3. The highest BCUT2D eigenvalue weighted by Gasteiger charge is 2.19. The SMILES string of the molecule is CCCN(C(=O)CCc1ccc(OC)cc1)c1nnc(-c2ccncc2)s1. The normalized spacial score (nSPS) is 10.6. The van der Waals surface area contributed by atoms with Gasteiger partial charge >= 0.3 is 0 Å². The van der Waals surface area contributed by atoms with Crippen LogP contribution in [-0.2, 0) is 11.2 Å². The number of carbonyl (C=O) groups is 1. The predicted octanol–water partition coefficient (Wildman–Crippen LogP) is 3.98. The van der Waals surface area contributed by atoms with Crippen LogP contribution >= 0.6 is 11.3 Å². The average molecular weight is 382 g/mol. The third-order valence-electron chi connectivity index (χ3n) is 4.11. The van der Waals surface area contributed by atoms with Crippen molar-refractivity contribution in [3.05, 3.63) is 54.4 Å². The van der Waals surface area contributed by atoms with Gasteiger partial charge in [0.2, 0.25) is 11.0 Å². The molecule has 0 unspecified atom stereocenters. The van der Waals surface area contributed by atoms with Crippen molar-refractivity contribution in [1.82, 2.24) is 15.2 Å². The second kappa shape index (κ2) is 9.23. The topological polar surface area (TPSA) is 68.2 Å². The Morgan fingerprint density at radius 1 is 1.11 bits per heavy atom. The van der Waals surface area contributed by atoms with Crippen molar-refractivity contribution < 1.29 is 9.53 Å². The zero-order valence-corrected chi connectivity index (χ0v) is 16.3. The molecule has 2 heterocycles. The summed E-state index contributed by atoms with van der Waals surface area (Å²) in [5, 5.41) is 9.92. The van der Waals surface area contributed by atoms with E-state index in [1.165, 1.54) is 11.3 Å². The number of nitrogens with zero attached hydrogens (tertiary/aromatic N) is 4. The molecular weight excluding hydrogens is 360 g/mol. The van der Waals surface area contributed by atoms with Gasteiger partial charge in [-0.2, -0.15) is 0 Å². The van der Waals surface area contributed by atoms with Crippen LogP contribution in [0.25, 0.3) is 10.6 Å². The number of benzene rings is 1. The smallest absolute Gasteiger partial charge is 0.229 e. The first-order valence-corrected chi connectivity index (χ1v) is 9.70. The van der Waals surface area contributed by atoms with Gasteiger partial charge in [0.15, 0.2) is 0 Å². The highest BCUT2D eigenvalue weighted by molar-refractivity contribution is 7.18. The molecule has 140 valence electrons. The van der Waals surface area contributed by atoms with Crippen LogP contribution in [0.3, 0.4) is 0 Å². The van der Waals surface area contributed by atoms with Crippen LogP contribution in [0.5, 0.6) is 5.75 Å². The van der Waals surface area contributed by atoms with E-state index >= 15 is 0 Å². The van der Waals surface area contributed by atoms with Crippen LogP contribution in [0.4, 0.5) is 5.13 Å². The fourth-order valence-electron chi connectivity index (χ4n) is 2.66. The maximum atomic E-state index is 12.8. The number of pyridine rings is 1. The van der Waals surface area contributed by atoms with Gasteiger partial charge in [0.1, 0.15) is 10.8 Å². The summed E-state index contributed by atoms with van der Waals surface area (Å²) in [6.45, 7) is 2.68. The Morgan fingerprint density at radius 3 is 2.52 bits per heavy atom. The molecular formula is C20H22N4O2S. The number of carbonyl (C=O) groups excluding carboxylic acids is 1. The Bertz CT molecular complexity index is 865. The lowest BCUT2D eigenvalue weighted by Gasteiger charge is -2.18. The molecule has 0 aliphatic rings. The van der Waals surface area contributed by atoms with Gasteiger partial charge < -0.3 is 4.74 Å². The van der Waals surface area contributed by atoms with Gasteiger partial charge in [-0.25, -0.2) is 0 Å². The van der Waals surface area contributed by atoms with Gasteiger partial charge in [0, 0.05) is 30.9 Å². The Balaban J connectivity index is 1.69. The Hall–Kier alpha value is -2.80. The lowest BCUT2D eigenvalue weighted by Crippen LogP contribution is -2.31. The molecule has 0 aliphatic carbocycles. The minimum Gasteiger partial charge on any atom is -0.497 e. The molecule has 0 saturated carbocycles. The van der Waals surface area contributed by atoms with Crippen molar-refractivity contribution >= 4 is 22.4 Å². The van der Waals surface area contributed by atoms with Crippen molar-refractivity contribution in [3.8, 4) is 16.3 Å². The number of methoxy groups -OCH3 is 1. The van der Waals surface area contributed by atoms with Crippen molar-refractivity contribution in [2.75, 3.05) is 18.6 Å². The van der Waals surface area contributed by atoms with Gasteiger partial charge in [-0.05, 0) is 42.7 Å². The molecule has 0 saturated heterocycles. The van der Waals surface area contributed by atoms with E-state index in [1.54, 1.807) is 24.4 Å². The summed E-state index contributed by atoms with van der Waals surface area (Å²) in [6.07, 6.45) is 5.41. The van der Waals surface area contributed by atoms with Crippen LogP contribution in [0, 0.1) is 0 Å². The molecule has 27 heavy (non-hydrogen) atoms. The Labute approximate surface area is 162 Å². The molecule has 0 atom stereocenters. The van der Waals surface area contributed by atoms with Crippen molar-refractivity contribution in [1.29, 1.82) is 0 Å². The highest BCUT2D eigenvalue weighted by atomic mass is 32.1. The standard InChI is InChI=1S/C20H22N4O2S/c1-3-14-24(18(25)9-6-15-4-7-17(26-2)8-5-15)20-23-22-19(27-20)16-10-12-21-13-11-16/h4-5,7-8,10-13H,3,6,9,14H2,1-2H3. The minimum atomic E-state index is 0.0603. The van der Waals surface area contributed by atoms with Gasteiger partial charge in [-0.3, -0.25) is 14.7 Å². The summed E-state index contributed by atoms with van der Waals surface area (Å²) < 4.78 is 5.17. The fraction of sp³-hybridized carbons (Fsp3) is 0.300. The number of amides is 1. The van der Waals surface area contributed by atoms with Crippen molar-refractivity contribution in [2.45, 2.75) is 26.2 Å². The first-order valence-electron chi connectivity index (χ1n) is 8.88. The maximum Gasteiger partial charge on any atom is 0.229 e. The number of hydrogen-bond acceptors (Lipinski definition) is 6. The number of hydrogen-bond donors (Lipinski definition) is 0. The summed E-state index contributed by atoms with van der Waals surface area (Å²) in [5.41, 5.74) is 2.06. The fourth-order valence-corrected chi connectivity index (χ4v) is 3.56. The van der Waals surface area contributed by atoms with Gasteiger partial charge in [0.25, 0.3) is 0 Å². The summed E-state index contributed by atoms with van der Waals surface area (Å²) >= 11 is 1.43. The van der Waals surface area contributed by atoms with E-state index < -0.39 is 0 Å². The van der Waals surface area contributed by atoms with Crippen LogP contribution < -0.4 is 9.64 Å². The van der Waals surface area contributed by atoms with Crippen LogP contribution in [0.15, 0.2) is 48.8 Å². The minimum absolute atomic E-state index is 0.0603. The number of aryl methyl sites for hydroxylation is 1. The summed E-state index contributed by atoms with van der Waals surface area (Å²) in [6, 6.07) is 11.6. The molecule has 3 rings (SSSR count). The largest absolute Gasteiger partial charge is 0.497 e. The van der Waals surface area contributed by atoms with Crippen molar-refractivity contribution in [2.24, 2.45) is 0 Å². The quantitative estimate of drug-likeness (QED) is 0.589.